The first-order chi connectivity index (χ1) is 12.3. The maximum absolute atomic E-state index is 11.6. The fourth-order valence-corrected chi connectivity index (χ4v) is 4.49. The van der Waals surface area contributed by atoms with Crippen LogP contribution in [0.5, 0.6) is 0 Å². The SMILES string of the molecule is CC(=O)Nc1cccc(Nc2cc(C)nc(NC3CCS(=O)(=O)C3)n2)c1. The quantitative estimate of drug-likeness (QED) is 0.733. The summed E-state index contributed by atoms with van der Waals surface area (Å²) in [5.41, 5.74) is 2.20. The van der Waals surface area contributed by atoms with Crippen LogP contribution >= 0.6 is 0 Å². The van der Waals surface area contributed by atoms with Gasteiger partial charge in [-0.25, -0.2) is 13.4 Å². The van der Waals surface area contributed by atoms with E-state index in [1.807, 2.05) is 19.1 Å². The molecule has 0 radical (unpaired) electrons. The fraction of sp³-hybridized carbons (Fsp3) is 0.353. The van der Waals surface area contributed by atoms with E-state index in [0.717, 1.165) is 11.4 Å². The Hall–Kier alpha value is -2.68. The third-order valence-electron chi connectivity index (χ3n) is 3.88. The van der Waals surface area contributed by atoms with Crippen LogP contribution in [0.1, 0.15) is 19.0 Å². The lowest BCUT2D eigenvalue weighted by Crippen LogP contribution is -2.22. The van der Waals surface area contributed by atoms with Crippen molar-refractivity contribution in [3.05, 3.63) is 36.0 Å². The molecule has 0 aliphatic carbocycles. The highest BCUT2D eigenvalue weighted by molar-refractivity contribution is 7.91. The number of hydrogen-bond donors (Lipinski definition) is 3. The van der Waals surface area contributed by atoms with Gasteiger partial charge in [-0.15, -0.1) is 0 Å². The van der Waals surface area contributed by atoms with Crippen LogP contribution in [-0.4, -0.2) is 41.8 Å². The highest BCUT2D eigenvalue weighted by Crippen LogP contribution is 2.21. The Balaban J connectivity index is 1.74. The molecule has 1 aromatic carbocycles. The Kier molecular flexibility index (Phi) is 5.08. The molecule has 1 aliphatic heterocycles. The molecule has 1 fully saturated rings. The zero-order valence-corrected chi connectivity index (χ0v) is 15.4. The lowest BCUT2D eigenvalue weighted by atomic mass is 10.2. The van der Waals surface area contributed by atoms with Gasteiger partial charge in [0.2, 0.25) is 11.9 Å². The molecule has 3 rings (SSSR count). The fourth-order valence-electron chi connectivity index (χ4n) is 2.81. The molecule has 9 heteroatoms. The Morgan fingerprint density at radius 3 is 2.65 bits per heavy atom. The summed E-state index contributed by atoms with van der Waals surface area (Å²) in [5.74, 6) is 1.13. The monoisotopic (exact) mass is 375 g/mol. The summed E-state index contributed by atoms with van der Waals surface area (Å²) in [6.07, 6.45) is 0.557. The first-order valence-electron chi connectivity index (χ1n) is 8.26. The summed E-state index contributed by atoms with van der Waals surface area (Å²) < 4.78 is 23.2. The molecule has 0 bridgehead atoms. The molecule has 1 aliphatic rings. The summed E-state index contributed by atoms with van der Waals surface area (Å²) in [6.45, 7) is 3.30. The van der Waals surface area contributed by atoms with Crippen LogP contribution in [0.2, 0.25) is 0 Å². The van der Waals surface area contributed by atoms with Gasteiger partial charge < -0.3 is 16.0 Å². The predicted molar refractivity (Wildman–Crippen MR) is 101 cm³/mol. The molecule has 2 heterocycles. The number of aromatic nitrogens is 2. The molecule has 1 amide bonds. The summed E-state index contributed by atoms with van der Waals surface area (Å²) >= 11 is 0. The largest absolute Gasteiger partial charge is 0.350 e. The van der Waals surface area contributed by atoms with Crippen LogP contribution in [0.15, 0.2) is 30.3 Å². The Labute approximate surface area is 152 Å². The van der Waals surface area contributed by atoms with E-state index in [-0.39, 0.29) is 23.5 Å². The standard InChI is InChI=1S/C17H21N5O3S/c1-11-8-16(20-14-5-3-4-13(9-14)19-12(2)23)22-17(18-11)21-15-6-7-26(24,25)10-15/h3-5,8-9,15H,6-7,10H2,1-2H3,(H,19,23)(H2,18,20,21,22). The minimum atomic E-state index is -2.97. The van der Waals surface area contributed by atoms with Crippen LogP contribution in [0.4, 0.5) is 23.1 Å². The minimum Gasteiger partial charge on any atom is -0.350 e. The third kappa shape index (κ3) is 4.92. The van der Waals surface area contributed by atoms with Crippen molar-refractivity contribution in [2.75, 3.05) is 27.5 Å². The van der Waals surface area contributed by atoms with Gasteiger partial charge in [0.15, 0.2) is 9.84 Å². The molecule has 3 N–H and O–H groups in total. The molecule has 26 heavy (non-hydrogen) atoms. The van der Waals surface area contributed by atoms with Gasteiger partial charge in [0.25, 0.3) is 0 Å². The average Bonchev–Trinajstić information content (AvgIpc) is 2.85. The Morgan fingerprint density at radius 2 is 1.96 bits per heavy atom. The molecule has 1 atom stereocenters. The smallest absolute Gasteiger partial charge is 0.225 e. The van der Waals surface area contributed by atoms with E-state index in [1.165, 1.54) is 6.92 Å². The highest BCUT2D eigenvalue weighted by atomic mass is 32.2. The molecule has 0 saturated carbocycles. The molecule has 1 unspecified atom stereocenters. The first-order valence-corrected chi connectivity index (χ1v) is 10.1. The average molecular weight is 375 g/mol. The molecule has 0 spiro atoms. The number of anilines is 4. The van der Waals surface area contributed by atoms with Gasteiger partial charge in [0.05, 0.1) is 11.5 Å². The zero-order valence-electron chi connectivity index (χ0n) is 14.6. The zero-order chi connectivity index (χ0) is 18.7. The van der Waals surface area contributed by atoms with E-state index in [4.69, 9.17) is 0 Å². The molecule has 1 saturated heterocycles. The number of amides is 1. The van der Waals surface area contributed by atoms with Crippen molar-refractivity contribution in [2.45, 2.75) is 26.3 Å². The lowest BCUT2D eigenvalue weighted by Gasteiger charge is -2.13. The first kappa shape index (κ1) is 18.1. The van der Waals surface area contributed by atoms with Crippen LogP contribution in [0.25, 0.3) is 0 Å². The van der Waals surface area contributed by atoms with Gasteiger partial charge in [-0.2, -0.15) is 4.98 Å². The van der Waals surface area contributed by atoms with Gasteiger partial charge in [-0.3, -0.25) is 4.79 Å². The number of carbonyl (C=O) groups is 1. The van der Waals surface area contributed by atoms with Crippen molar-refractivity contribution in [3.8, 4) is 0 Å². The van der Waals surface area contributed by atoms with Gasteiger partial charge in [-0.05, 0) is 31.5 Å². The predicted octanol–water partition coefficient (Wildman–Crippen LogP) is 2.09. The number of carbonyl (C=O) groups excluding carboxylic acids is 1. The molecular formula is C17H21N5O3S. The van der Waals surface area contributed by atoms with Crippen molar-refractivity contribution in [3.63, 3.8) is 0 Å². The number of sulfone groups is 1. The van der Waals surface area contributed by atoms with Crippen molar-refractivity contribution in [2.24, 2.45) is 0 Å². The number of rotatable bonds is 5. The minimum absolute atomic E-state index is 0.103. The second kappa shape index (κ2) is 7.28. The summed E-state index contributed by atoms with van der Waals surface area (Å²) in [6, 6.07) is 8.91. The van der Waals surface area contributed by atoms with E-state index in [0.29, 0.717) is 23.9 Å². The number of nitrogens with one attached hydrogen (secondary N) is 3. The van der Waals surface area contributed by atoms with Crippen molar-refractivity contribution in [1.29, 1.82) is 0 Å². The van der Waals surface area contributed by atoms with E-state index in [1.54, 1.807) is 18.2 Å². The topological polar surface area (TPSA) is 113 Å². The highest BCUT2D eigenvalue weighted by Gasteiger charge is 2.28. The van der Waals surface area contributed by atoms with Crippen molar-refractivity contribution < 1.29 is 13.2 Å². The maximum Gasteiger partial charge on any atom is 0.225 e. The number of hydrogen-bond acceptors (Lipinski definition) is 7. The van der Waals surface area contributed by atoms with E-state index in [9.17, 15) is 13.2 Å². The molecular weight excluding hydrogens is 354 g/mol. The maximum atomic E-state index is 11.6. The third-order valence-corrected chi connectivity index (χ3v) is 5.64. The number of nitrogens with zero attached hydrogens (tertiary/aromatic N) is 2. The Bertz CT molecular complexity index is 930. The van der Waals surface area contributed by atoms with E-state index >= 15 is 0 Å². The second-order valence-electron chi connectivity index (χ2n) is 6.35. The molecule has 8 nitrogen and oxygen atoms in total. The van der Waals surface area contributed by atoms with Crippen LogP contribution < -0.4 is 16.0 Å². The van der Waals surface area contributed by atoms with Gasteiger partial charge in [0, 0.05) is 36.1 Å². The van der Waals surface area contributed by atoms with Crippen molar-refractivity contribution in [1.82, 2.24) is 9.97 Å². The van der Waals surface area contributed by atoms with Crippen LogP contribution in [-0.2, 0) is 14.6 Å². The van der Waals surface area contributed by atoms with Crippen LogP contribution in [0, 0.1) is 6.92 Å². The van der Waals surface area contributed by atoms with Crippen LogP contribution in [0.3, 0.4) is 0 Å². The lowest BCUT2D eigenvalue weighted by molar-refractivity contribution is -0.114. The van der Waals surface area contributed by atoms with Gasteiger partial charge >= 0.3 is 0 Å². The van der Waals surface area contributed by atoms with E-state index in [2.05, 4.69) is 25.9 Å². The molecule has 1 aromatic heterocycles. The molecule has 2 aromatic rings. The second-order valence-corrected chi connectivity index (χ2v) is 8.58. The van der Waals surface area contributed by atoms with Gasteiger partial charge in [0.1, 0.15) is 5.82 Å². The van der Waals surface area contributed by atoms with Gasteiger partial charge in [-0.1, -0.05) is 6.07 Å². The summed E-state index contributed by atoms with van der Waals surface area (Å²) in [5, 5.41) is 9.01. The molecule has 138 valence electrons. The Morgan fingerprint density at radius 1 is 1.19 bits per heavy atom. The van der Waals surface area contributed by atoms with E-state index < -0.39 is 9.84 Å². The summed E-state index contributed by atoms with van der Waals surface area (Å²) in [7, 11) is -2.97. The number of aryl methyl sites for hydroxylation is 1. The summed E-state index contributed by atoms with van der Waals surface area (Å²) in [4.78, 5) is 19.9. The van der Waals surface area contributed by atoms with Crippen molar-refractivity contribution >= 4 is 38.9 Å². The number of benzene rings is 1. The normalized spacial score (nSPS) is 18.3.